The Hall–Kier alpha value is -2.99. The molecule has 0 radical (unpaired) electrons. The van der Waals surface area contributed by atoms with Gasteiger partial charge in [0.15, 0.2) is 0 Å². The van der Waals surface area contributed by atoms with Crippen molar-refractivity contribution in [3.63, 3.8) is 0 Å². The number of nitrogens with zero attached hydrogens (tertiary/aromatic N) is 3. The largest absolute Gasteiger partial charge is 0.496 e. The average Bonchev–Trinajstić information content (AvgIpc) is 2.77. The standard InChI is InChI=1S/C24H22BrN3O2/c1-3-4-9-23-27-21-12-11-17(25)14-20(21)24(29)28(23)26-15-16-10-13-22(30-2)19-8-6-5-7-18(16)19/h5-8,10-15H,3-4,9H2,1-2H3. The number of halogens is 1. The van der Waals surface area contributed by atoms with Gasteiger partial charge in [-0.2, -0.15) is 9.78 Å². The number of hydrogen-bond donors (Lipinski definition) is 0. The molecule has 0 amide bonds. The van der Waals surface area contributed by atoms with E-state index in [9.17, 15) is 4.79 Å². The molecule has 5 nitrogen and oxygen atoms in total. The molecule has 0 bridgehead atoms. The zero-order valence-electron chi connectivity index (χ0n) is 16.9. The maximum absolute atomic E-state index is 13.2. The van der Waals surface area contributed by atoms with E-state index < -0.39 is 0 Å². The first-order chi connectivity index (χ1) is 14.6. The topological polar surface area (TPSA) is 56.5 Å². The number of ether oxygens (including phenoxy) is 1. The second-order valence-electron chi connectivity index (χ2n) is 7.06. The number of rotatable bonds is 6. The van der Waals surface area contributed by atoms with E-state index >= 15 is 0 Å². The Morgan fingerprint density at radius 2 is 1.90 bits per heavy atom. The van der Waals surface area contributed by atoms with E-state index in [1.54, 1.807) is 19.4 Å². The van der Waals surface area contributed by atoms with Crippen LogP contribution in [0.15, 0.2) is 69.0 Å². The smallest absolute Gasteiger partial charge is 0.282 e. The third kappa shape index (κ3) is 3.87. The fourth-order valence-corrected chi connectivity index (χ4v) is 3.88. The number of hydrogen-bond acceptors (Lipinski definition) is 4. The van der Waals surface area contributed by atoms with E-state index in [1.165, 1.54) is 4.68 Å². The molecule has 152 valence electrons. The average molecular weight is 464 g/mol. The highest BCUT2D eigenvalue weighted by atomic mass is 79.9. The third-order valence-corrected chi connectivity index (χ3v) is 5.57. The van der Waals surface area contributed by atoms with Gasteiger partial charge < -0.3 is 4.74 Å². The first-order valence-corrected chi connectivity index (χ1v) is 10.7. The Morgan fingerprint density at radius 1 is 1.10 bits per heavy atom. The number of fused-ring (bicyclic) bond motifs is 2. The molecular formula is C24H22BrN3O2. The van der Waals surface area contributed by atoms with E-state index in [1.807, 2.05) is 48.5 Å². The first-order valence-electron chi connectivity index (χ1n) is 9.93. The van der Waals surface area contributed by atoms with Crippen LogP contribution < -0.4 is 10.3 Å². The molecule has 0 aliphatic heterocycles. The van der Waals surface area contributed by atoms with Crippen molar-refractivity contribution in [2.75, 3.05) is 7.11 Å². The zero-order chi connectivity index (χ0) is 21.1. The molecule has 0 aliphatic carbocycles. The highest BCUT2D eigenvalue weighted by Crippen LogP contribution is 2.27. The molecule has 6 heteroatoms. The fraction of sp³-hybridized carbons (Fsp3) is 0.208. The summed E-state index contributed by atoms with van der Waals surface area (Å²) in [7, 11) is 1.66. The van der Waals surface area contributed by atoms with Gasteiger partial charge >= 0.3 is 0 Å². The van der Waals surface area contributed by atoms with Crippen LogP contribution in [0.1, 0.15) is 31.2 Å². The van der Waals surface area contributed by atoms with Crippen LogP contribution in [0, 0.1) is 0 Å². The van der Waals surface area contributed by atoms with Gasteiger partial charge in [0.05, 0.1) is 24.2 Å². The Morgan fingerprint density at radius 3 is 2.67 bits per heavy atom. The Labute approximate surface area is 183 Å². The molecule has 0 fully saturated rings. The summed E-state index contributed by atoms with van der Waals surface area (Å²) >= 11 is 3.44. The van der Waals surface area contributed by atoms with Gasteiger partial charge in [-0.15, -0.1) is 0 Å². The second kappa shape index (κ2) is 8.79. The predicted molar refractivity (Wildman–Crippen MR) is 126 cm³/mol. The number of methoxy groups -OCH3 is 1. The molecule has 3 aromatic carbocycles. The molecule has 0 saturated carbocycles. The normalized spacial score (nSPS) is 11.6. The fourth-order valence-electron chi connectivity index (χ4n) is 3.52. The van der Waals surface area contributed by atoms with Gasteiger partial charge in [0, 0.05) is 21.8 Å². The number of aryl methyl sites for hydroxylation is 1. The minimum absolute atomic E-state index is 0.165. The number of aromatic nitrogens is 2. The summed E-state index contributed by atoms with van der Waals surface area (Å²) in [4.78, 5) is 17.9. The number of benzene rings is 3. The lowest BCUT2D eigenvalue weighted by Gasteiger charge is -2.10. The minimum Gasteiger partial charge on any atom is -0.496 e. The summed E-state index contributed by atoms with van der Waals surface area (Å²) in [6.45, 7) is 2.12. The molecule has 0 atom stereocenters. The van der Waals surface area contributed by atoms with Crippen molar-refractivity contribution in [2.24, 2.45) is 5.10 Å². The summed E-state index contributed by atoms with van der Waals surface area (Å²) in [5.41, 5.74) is 1.44. The monoisotopic (exact) mass is 463 g/mol. The van der Waals surface area contributed by atoms with Gasteiger partial charge in [-0.25, -0.2) is 4.98 Å². The molecule has 0 N–H and O–H groups in total. The SMILES string of the molecule is CCCCc1nc2ccc(Br)cc2c(=O)n1N=Cc1ccc(OC)c2ccccc12. The van der Waals surface area contributed by atoms with Crippen LogP contribution >= 0.6 is 15.9 Å². The third-order valence-electron chi connectivity index (χ3n) is 5.08. The van der Waals surface area contributed by atoms with Gasteiger partial charge in [0.1, 0.15) is 11.6 Å². The van der Waals surface area contributed by atoms with Crippen LogP contribution in [0.3, 0.4) is 0 Å². The summed E-state index contributed by atoms with van der Waals surface area (Å²) < 4.78 is 7.75. The highest BCUT2D eigenvalue weighted by molar-refractivity contribution is 9.10. The van der Waals surface area contributed by atoms with Gasteiger partial charge in [0.25, 0.3) is 5.56 Å². The van der Waals surface area contributed by atoms with Crippen molar-refractivity contribution >= 4 is 43.8 Å². The van der Waals surface area contributed by atoms with Gasteiger partial charge in [0.2, 0.25) is 0 Å². The molecule has 0 spiro atoms. The van der Waals surface area contributed by atoms with Crippen LogP contribution in [0.5, 0.6) is 5.75 Å². The van der Waals surface area contributed by atoms with E-state index in [-0.39, 0.29) is 5.56 Å². The lowest BCUT2D eigenvalue weighted by molar-refractivity contribution is 0.420. The Bertz CT molecular complexity index is 1310. The van der Waals surface area contributed by atoms with Gasteiger partial charge in [-0.05, 0) is 42.1 Å². The molecule has 0 saturated heterocycles. The van der Waals surface area contributed by atoms with Crippen LogP contribution in [-0.4, -0.2) is 23.0 Å². The molecule has 1 heterocycles. The van der Waals surface area contributed by atoms with Crippen molar-refractivity contribution in [3.8, 4) is 5.75 Å². The lowest BCUT2D eigenvalue weighted by Crippen LogP contribution is -2.22. The van der Waals surface area contributed by atoms with Crippen molar-refractivity contribution in [2.45, 2.75) is 26.2 Å². The maximum atomic E-state index is 13.2. The molecule has 4 rings (SSSR count). The van der Waals surface area contributed by atoms with Gasteiger partial charge in [-0.1, -0.05) is 53.5 Å². The maximum Gasteiger partial charge on any atom is 0.282 e. The quantitative estimate of drug-likeness (QED) is 0.352. The summed E-state index contributed by atoms with van der Waals surface area (Å²) in [5, 5.41) is 7.13. The van der Waals surface area contributed by atoms with Crippen LogP contribution in [0.2, 0.25) is 0 Å². The predicted octanol–water partition coefficient (Wildman–Crippen LogP) is 5.55. The first kappa shape index (κ1) is 20.3. The van der Waals surface area contributed by atoms with E-state index in [0.717, 1.165) is 39.4 Å². The summed E-state index contributed by atoms with van der Waals surface area (Å²) in [6.07, 6.45) is 4.37. The lowest BCUT2D eigenvalue weighted by atomic mass is 10.0. The molecular weight excluding hydrogens is 442 g/mol. The van der Waals surface area contributed by atoms with Crippen molar-refractivity contribution in [1.29, 1.82) is 0 Å². The molecule has 1 aromatic heterocycles. The van der Waals surface area contributed by atoms with E-state index in [0.29, 0.717) is 23.1 Å². The Kier molecular flexibility index (Phi) is 5.95. The van der Waals surface area contributed by atoms with Gasteiger partial charge in [-0.3, -0.25) is 4.79 Å². The molecule has 0 unspecified atom stereocenters. The second-order valence-corrected chi connectivity index (χ2v) is 7.97. The van der Waals surface area contributed by atoms with E-state index in [2.05, 4.69) is 28.0 Å². The van der Waals surface area contributed by atoms with E-state index in [4.69, 9.17) is 9.72 Å². The summed E-state index contributed by atoms with van der Waals surface area (Å²) in [5.74, 6) is 1.48. The highest BCUT2D eigenvalue weighted by Gasteiger charge is 2.11. The zero-order valence-corrected chi connectivity index (χ0v) is 18.5. The summed E-state index contributed by atoms with van der Waals surface area (Å²) in [6, 6.07) is 17.4. The molecule has 30 heavy (non-hydrogen) atoms. The minimum atomic E-state index is -0.165. The molecule has 0 aliphatic rings. The van der Waals surface area contributed by atoms with Crippen LogP contribution in [0.25, 0.3) is 21.7 Å². The van der Waals surface area contributed by atoms with Crippen molar-refractivity contribution in [1.82, 2.24) is 9.66 Å². The van der Waals surface area contributed by atoms with Crippen molar-refractivity contribution < 1.29 is 4.74 Å². The molecule has 4 aromatic rings. The van der Waals surface area contributed by atoms with Crippen LogP contribution in [0.4, 0.5) is 0 Å². The van der Waals surface area contributed by atoms with Crippen LogP contribution in [-0.2, 0) is 6.42 Å². The number of unbranched alkanes of at least 4 members (excludes halogenated alkanes) is 1. The Balaban J connectivity index is 1.87. The van der Waals surface area contributed by atoms with Crippen molar-refractivity contribution in [3.05, 3.63) is 80.8 Å².